The maximum absolute atomic E-state index is 12.3. The van der Waals surface area contributed by atoms with E-state index >= 15 is 0 Å². The fourth-order valence-corrected chi connectivity index (χ4v) is 3.28. The van der Waals surface area contributed by atoms with Crippen LogP contribution < -0.4 is 5.32 Å². The standard InChI is InChI=1S/C16H14N2O3S/c19-14(10-22(21)16-3-1-2-8-17-16)12-4-6-13-11(9-12)5-7-15(20)18-13/h1-4,6,8-9H,5,7,10H2,(H,18,20). The first-order valence-electron chi connectivity index (χ1n) is 6.89. The second kappa shape index (κ2) is 6.19. The largest absolute Gasteiger partial charge is 0.326 e. The number of nitrogens with zero attached hydrogens (tertiary/aromatic N) is 1. The number of amides is 1. The molecule has 2 heterocycles. The molecule has 1 aromatic carbocycles. The maximum Gasteiger partial charge on any atom is 0.224 e. The third-order valence-electron chi connectivity index (χ3n) is 3.46. The average Bonchev–Trinajstić information content (AvgIpc) is 2.55. The molecule has 0 bridgehead atoms. The van der Waals surface area contributed by atoms with Crippen molar-refractivity contribution in [3.05, 3.63) is 53.7 Å². The number of nitrogens with one attached hydrogen (secondary N) is 1. The Labute approximate surface area is 130 Å². The molecule has 1 atom stereocenters. The third-order valence-corrected chi connectivity index (χ3v) is 4.69. The van der Waals surface area contributed by atoms with Crippen molar-refractivity contribution in [2.24, 2.45) is 0 Å². The maximum atomic E-state index is 12.3. The number of ketones is 1. The van der Waals surface area contributed by atoms with Gasteiger partial charge in [-0.15, -0.1) is 0 Å². The van der Waals surface area contributed by atoms with E-state index in [1.807, 2.05) is 0 Å². The number of anilines is 1. The smallest absolute Gasteiger partial charge is 0.224 e. The lowest BCUT2D eigenvalue weighted by Crippen LogP contribution is -2.20. The molecule has 0 saturated carbocycles. The van der Waals surface area contributed by atoms with Crippen molar-refractivity contribution >= 4 is 28.2 Å². The van der Waals surface area contributed by atoms with Crippen LogP contribution in [-0.4, -0.2) is 26.6 Å². The first-order valence-corrected chi connectivity index (χ1v) is 8.21. The van der Waals surface area contributed by atoms with Gasteiger partial charge in [-0.2, -0.15) is 0 Å². The van der Waals surface area contributed by atoms with E-state index in [4.69, 9.17) is 0 Å². The van der Waals surface area contributed by atoms with Gasteiger partial charge in [0, 0.05) is 23.9 Å². The Balaban J connectivity index is 1.76. The molecular formula is C16H14N2O3S. The number of benzene rings is 1. The predicted molar refractivity (Wildman–Crippen MR) is 83.2 cm³/mol. The van der Waals surface area contributed by atoms with Crippen LogP contribution in [0, 0.1) is 0 Å². The molecule has 1 unspecified atom stereocenters. The van der Waals surface area contributed by atoms with Crippen molar-refractivity contribution < 1.29 is 13.8 Å². The second-order valence-electron chi connectivity index (χ2n) is 5.00. The van der Waals surface area contributed by atoms with Gasteiger partial charge in [0.2, 0.25) is 5.91 Å². The fourth-order valence-electron chi connectivity index (χ4n) is 2.31. The lowest BCUT2D eigenvalue weighted by Gasteiger charge is -2.17. The van der Waals surface area contributed by atoms with Crippen LogP contribution in [-0.2, 0) is 22.0 Å². The number of carbonyl (C=O) groups is 2. The van der Waals surface area contributed by atoms with Crippen molar-refractivity contribution in [2.45, 2.75) is 17.9 Å². The molecule has 112 valence electrons. The van der Waals surface area contributed by atoms with E-state index in [0.29, 0.717) is 23.4 Å². The predicted octanol–water partition coefficient (Wildman–Crippen LogP) is 1.96. The molecule has 5 nitrogen and oxygen atoms in total. The van der Waals surface area contributed by atoms with E-state index in [1.54, 1.807) is 42.6 Å². The molecule has 22 heavy (non-hydrogen) atoms. The number of hydrogen-bond donors (Lipinski definition) is 1. The first-order chi connectivity index (χ1) is 10.6. The van der Waals surface area contributed by atoms with Crippen LogP contribution in [0.15, 0.2) is 47.6 Å². The summed E-state index contributed by atoms with van der Waals surface area (Å²) in [6.07, 6.45) is 2.59. The number of hydrogen-bond acceptors (Lipinski definition) is 4. The molecule has 2 aromatic rings. The van der Waals surface area contributed by atoms with Crippen molar-refractivity contribution in [1.82, 2.24) is 4.98 Å². The minimum Gasteiger partial charge on any atom is -0.326 e. The number of carbonyl (C=O) groups excluding carboxylic acids is 2. The molecule has 1 aromatic heterocycles. The van der Waals surface area contributed by atoms with Crippen LogP contribution in [0.1, 0.15) is 22.3 Å². The Morgan fingerprint density at radius 1 is 1.23 bits per heavy atom. The minimum absolute atomic E-state index is 0.0113. The molecule has 0 radical (unpaired) electrons. The SMILES string of the molecule is O=C1CCc2cc(C(=O)CS(=O)c3ccccn3)ccc2N1. The molecule has 1 aliphatic rings. The number of aromatic nitrogens is 1. The molecular weight excluding hydrogens is 300 g/mol. The van der Waals surface area contributed by atoms with Gasteiger partial charge < -0.3 is 5.32 Å². The zero-order chi connectivity index (χ0) is 15.5. The Morgan fingerprint density at radius 3 is 2.86 bits per heavy atom. The van der Waals surface area contributed by atoms with E-state index < -0.39 is 10.8 Å². The molecule has 1 N–H and O–H groups in total. The summed E-state index contributed by atoms with van der Waals surface area (Å²) in [5.41, 5.74) is 2.20. The normalized spacial score (nSPS) is 14.8. The molecule has 3 rings (SSSR count). The molecule has 0 aliphatic carbocycles. The van der Waals surface area contributed by atoms with Crippen LogP contribution in [0.5, 0.6) is 0 Å². The van der Waals surface area contributed by atoms with Gasteiger partial charge in [-0.1, -0.05) is 6.07 Å². The number of fused-ring (bicyclic) bond motifs is 1. The Bertz CT molecular complexity index is 759. The van der Waals surface area contributed by atoms with Gasteiger partial charge in [-0.25, -0.2) is 4.98 Å². The molecule has 6 heteroatoms. The van der Waals surface area contributed by atoms with Gasteiger partial charge in [0.15, 0.2) is 5.78 Å². The van der Waals surface area contributed by atoms with Crippen molar-refractivity contribution in [3.63, 3.8) is 0 Å². The zero-order valence-corrected chi connectivity index (χ0v) is 12.6. The number of pyridine rings is 1. The van der Waals surface area contributed by atoms with Crippen molar-refractivity contribution in [2.75, 3.05) is 11.1 Å². The van der Waals surface area contributed by atoms with Gasteiger partial charge in [-0.3, -0.25) is 13.8 Å². The number of Topliss-reactive ketones (excluding diaryl/α,β-unsaturated/α-hetero) is 1. The van der Waals surface area contributed by atoms with Crippen LogP contribution >= 0.6 is 0 Å². The van der Waals surface area contributed by atoms with Crippen molar-refractivity contribution in [3.8, 4) is 0 Å². The van der Waals surface area contributed by atoms with Gasteiger partial charge in [0.25, 0.3) is 0 Å². The first kappa shape index (κ1) is 14.6. The van der Waals surface area contributed by atoms with Gasteiger partial charge in [-0.05, 0) is 42.3 Å². The summed E-state index contributed by atoms with van der Waals surface area (Å²) in [6, 6.07) is 10.3. The second-order valence-corrected chi connectivity index (χ2v) is 6.40. The van der Waals surface area contributed by atoms with Crippen LogP contribution in [0.25, 0.3) is 0 Å². The van der Waals surface area contributed by atoms with E-state index in [2.05, 4.69) is 10.3 Å². The number of rotatable bonds is 4. The van der Waals surface area contributed by atoms with Gasteiger partial charge in [0.05, 0.1) is 16.6 Å². The minimum atomic E-state index is -1.45. The van der Waals surface area contributed by atoms with Gasteiger partial charge in [0.1, 0.15) is 5.03 Å². The molecule has 0 fully saturated rings. The van der Waals surface area contributed by atoms with Crippen LogP contribution in [0.2, 0.25) is 0 Å². The van der Waals surface area contributed by atoms with E-state index in [1.165, 1.54) is 0 Å². The Morgan fingerprint density at radius 2 is 2.09 bits per heavy atom. The zero-order valence-electron chi connectivity index (χ0n) is 11.7. The molecule has 1 amide bonds. The summed E-state index contributed by atoms with van der Waals surface area (Å²) in [6.45, 7) is 0. The van der Waals surface area contributed by atoms with Gasteiger partial charge >= 0.3 is 0 Å². The highest BCUT2D eigenvalue weighted by Gasteiger charge is 2.18. The summed E-state index contributed by atoms with van der Waals surface area (Å²) in [5.74, 6) is -0.297. The molecule has 1 aliphatic heterocycles. The summed E-state index contributed by atoms with van der Waals surface area (Å²) in [4.78, 5) is 27.6. The lowest BCUT2D eigenvalue weighted by atomic mass is 9.99. The summed E-state index contributed by atoms with van der Waals surface area (Å²) in [5, 5.41) is 3.18. The summed E-state index contributed by atoms with van der Waals surface area (Å²) >= 11 is 0. The third kappa shape index (κ3) is 3.12. The highest BCUT2D eigenvalue weighted by Crippen LogP contribution is 2.24. The highest BCUT2D eigenvalue weighted by atomic mass is 32.2. The monoisotopic (exact) mass is 314 g/mol. The molecule has 0 spiro atoms. The summed E-state index contributed by atoms with van der Waals surface area (Å²) < 4.78 is 12.1. The molecule has 0 saturated heterocycles. The van der Waals surface area contributed by atoms with E-state index in [-0.39, 0.29) is 17.4 Å². The summed E-state index contributed by atoms with van der Waals surface area (Å²) in [7, 11) is -1.45. The Hall–Kier alpha value is -2.34. The highest BCUT2D eigenvalue weighted by molar-refractivity contribution is 7.85. The lowest BCUT2D eigenvalue weighted by molar-refractivity contribution is -0.116. The topological polar surface area (TPSA) is 76.1 Å². The fraction of sp³-hybridized carbons (Fsp3) is 0.188. The average molecular weight is 314 g/mol. The van der Waals surface area contributed by atoms with E-state index in [9.17, 15) is 13.8 Å². The number of aryl methyl sites for hydroxylation is 1. The van der Waals surface area contributed by atoms with Crippen LogP contribution in [0.4, 0.5) is 5.69 Å². The van der Waals surface area contributed by atoms with E-state index in [0.717, 1.165) is 11.3 Å². The quantitative estimate of drug-likeness (QED) is 0.875. The van der Waals surface area contributed by atoms with Crippen molar-refractivity contribution in [1.29, 1.82) is 0 Å². The van der Waals surface area contributed by atoms with Crippen LogP contribution in [0.3, 0.4) is 0 Å². The Kier molecular flexibility index (Phi) is 4.11.